The molecule has 0 fully saturated rings. The molecule has 0 aliphatic heterocycles. The van der Waals surface area contributed by atoms with Gasteiger partial charge in [-0.05, 0) is 49.7 Å². The number of carbonyl (C=O) groups is 1. The van der Waals surface area contributed by atoms with Crippen molar-refractivity contribution in [3.8, 4) is 0 Å². The minimum atomic E-state index is -1.44. The number of hydrogen-bond donors (Lipinski definition) is 1. The predicted molar refractivity (Wildman–Crippen MR) is 81.0 cm³/mol. The van der Waals surface area contributed by atoms with E-state index in [-0.39, 0.29) is 12.0 Å². The smallest absolute Gasteiger partial charge is 0.218 e. The quantitative estimate of drug-likeness (QED) is 0.645. The Morgan fingerprint density at radius 3 is 2.55 bits per heavy atom. The molecule has 1 N–H and O–H groups in total. The van der Waals surface area contributed by atoms with Crippen molar-refractivity contribution in [2.24, 2.45) is 0 Å². The standard InChI is InChI=1S/C13H18BrFN2O2S/c1-12(2,3)20(19)17-13(4,5-6-18)10-7-9(14)8-16-11(10)15/h6-8,17H,5H2,1-4H3/t13-,20?/m0/s1. The number of halogens is 2. The molecule has 0 aliphatic carbocycles. The topological polar surface area (TPSA) is 59.1 Å². The lowest BCUT2D eigenvalue weighted by atomic mass is 9.91. The van der Waals surface area contributed by atoms with Crippen molar-refractivity contribution in [1.82, 2.24) is 9.71 Å². The number of aldehydes is 1. The first-order chi connectivity index (χ1) is 9.10. The minimum absolute atomic E-state index is 0.0100. The normalized spacial score (nSPS) is 16.5. The highest BCUT2D eigenvalue weighted by Crippen LogP contribution is 2.29. The zero-order valence-electron chi connectivity index (χ0n) is 11.9. The highest BCUT2D eigenvalue weighted by atomic mass is 79.9. The number of rotatable bonds is 5. The van der Waals surface area contributed by atoms with Crippen LogP contribution in [0.5, 0.6) is 0 Å². The van der Waals surface area contributed by atoms with Crippen LogP contribution in [0.3, 0.4) is 0 Å². The number of aromatic nitrogens is 1. The van der Waals surface area contributed by atoms with Crippen molar-refractivity contribution < 1.29 is 13.4 Å². The van der Waals surface area contributed by atoms with Crippen molar-refractivity contribution >= 4 is 33.2 Å². The summed E-state index contributed by atoms with van der Waals surface area (Å²) >= 11 is 3.22. The Kier molecular flexibility index (Phi) is 5.57. The lowest BCUT2D eigenvalue weighted by Crippen LogP contribution is -2.47. The molecule has 0 aliphatic rings. The second-order valence-electron chi connectivity index (χ2n) is 5.68. The molecule has 0 bridgehead atoms. The molecule has 1 heterocycles. The third-order valence-corrected chi connectivity index (χ3v) is 4.95. The van der Waals surface area contributed by atoms with E-state index in [0.717, 1.165) is 0 Å². The maximum Gasteiger partial charge on any atom is 0.218 e. The summed E-state index contributed by atoms with van der Waals surface area (Å²) in [5.41, 5.74) is -0.877. The lowest BCUT2D eigenvalue weighted by Gasteiger charge is -2.32. The molecule has 1 aromatic rings. The Bertz CT molecular complexity index is 534. The lowest BCUT2D eigenvalue weighted by molar-refractivity contribution is -0.108. The van der Waals surface area contributed by atoms with Crippen LogP contribution < -0.4 is 4.72 Å². The molecule has 0 aromatic carbocycles. The minimum Gasteiger partial charge on any atom is -0.303 e. The van der Waals surface area contributed by atoms with E-state index in [1.165, 1.54) is 6.20 Å². The molecule has 112 valence electrons. The van der Waals surface area contributed by atoms with Crippen LogP contribution in [0.2, 0.25) is 0 Å². The van der Waals surface area contributed by atoms with Crippen LogP contribution in [-0.4, -0.2) is 20.2 Å². The number of pyridine rings is 1. The van der Waals surface area contributed by atoms with Gasteiger partial charge < -0.3 is 4.79 Å². The average Bonchev–Trinajstić information content (AvgIpc) is 2.31. The molecule has 0 spiro atoms. The van der Waals surface area contributed by atoms with Crippen LogP contribution in [-0.2, 0) is 21.3 Å². The van der Waals surface area contributed by atoms with Gasteiger partial charge in [-0.15, -0.1) is 0 Å². The van der Waals surface area contributed by atoms with E-state index >= 15 is 0 Å². The van der Waals surface area contributed by atoms with E-state index in [4.69, 9.17) is 0 Å². The summed E-state index contributed by atoms with van der Waals surface area (Å²) in [4.78, 5) is 14.6. The summed E-state index contributed by atoms with van der Waals surface area (Å²) in [6, 6.07) is 1.54. The van der Waals surface area contributed by atoms with Crippen LogP contribution in [0, 0.1) is 5.95 Å². The Balaban J connectivity index is 3.24. The van der Waals surface area contributed by atoms with Crippen molar-refractivity contribution in [3.63, 3.8) is 0 Å². The van der Waals surface area contributed by atoms with E-state index in [2.05, 4.69) is 25.6 Å². The Morgan fingerprint density at radius 1 is 1.45 bits per heavy atom. The van der Waals surface area contributed by atoms with Gasteiger partial charge in [0.15, 0.2) is 0 Å². The molecule has 20 heavy (non-hydrogen) atoms. The fourth-order valence-electron chi connectivity index (χ4n) is 1.54. The summed E-state index contributed by atoms with van der Waals surface area (Å²) in [6.45, 7) is 7.03. The second kappa shape index (κ2) is 6.41. The predicted octanol–water partition coefficient (Wildman–Crippen LogP) is 2.84. The maximum atomic E-state index is 13.9. The van der Waals surface area contributed by atoms with Crippen molar-refractivity contribution in [1.29, 1.82) is 0 Å². The molecule has 1 rings (SSSR count). The van der Waals surface area contributed by atoms with Gasteiger partial charge in [0.25, 0.3) is 0 Å². The summed E-state index contributed by atoms with van der Waals surface area (Å²) in [5, 5.41) is 0. The second-order valence-corrected chi connectivity index (χ2v) is 8.56. The molecule has 0 saturated carbocycles. The Hall–Kier alpha value is -0.660. The summed E-state index contributed by atoms with van der Waals surface area (Å²) < 4.78 is 29.1. The molecule has 0 radical (unpaired) electrons. The van der Waals surface area contributed by atoms with E-state index in [1.807, 2.05) is 0 Å². The first kappa shape index (κ1) is 17.4. The first-order valence-electron chi connectivity index (χ1n) is 6.05. The fraction of sp³-hybridized carbons (Fsp3) is 0.538. The SMILES string of the molecule is CC(C)(C)S(=O)N[C@@](C)(CC=O)c1cc(Br)cnc1F. The van der Waals surface area contributed by atoms with Gasteiger partial charge in [0, 0.05) is 22.7 Å². The molecule has 7 heteroatoms. The number of carbonyl (C=O) groups excluding carboxylic acids is 1. The Labute approximate surface area is 129 Å². The molecule has 2 atom stereocenters. The summed E-state index contributed by atoms with van der Waals surface area (Å²) in [5.74, 6) is -0.684. The molecule has 0 saturated heterocycles. The van der Waals surface area contributed by atoms with Crippen molar-refractivity contribution in [2.45, 2.75) is 44.4 Å². The van der Waals surface area contributed by atoms with Gasteiger partial charge >= 0.3 is 0 Å². The highest BCUT2D eigenvalue weighted by Gasteiger charge is 2.35. The number of nitrogens with one attached hydrogen (secondary N) is 1. The zero-order chi connectivity index (χ0) is 15.6. The first-order valence-corrected chi connectivity index (χ1v) is 7.99. The van der Waals surface area contributed by atoms with E-state index < -0.39 is 27.2 Å². The summed E-state index contributed by atoms with van der Waals surface area (Å²) in [6.07, 6.45) is 2.00. The van der Waals surface area contributed by atoms with Gasteiger partial charge in [-0.3, -0.25) is 0 Å². The van der Waals surface area contributed by atoms with Crippen LogP contribution in [0.25, 0.3) is 0 Å². The average molecular weight is 365 g/mol. The third-order valence-electron chi connectivity index (χ3n) is 2.77. The third kappa shape index (κ3) is 4.17. The molecular formula is C13H18BrFN2O2S. The molecular weight excluding hydrogens is 347 g/mol. The largest absolute Gasteiger partial charge is 0.303 e. The van der Waals surface area contributed by atoms with E-state index in [1.54, 1.807) is 33.8 Å². The van der Waals surface area contributed by atoms with E-state index in [0.29, 0.717) is 10.8 Å². The van der Waals surface area contributed by atoms with Crippen LogP contribution in [0.4, 0.5) is 4.39 Å². The zero-order valence-corrected chi connectivity index (χ0v) is 14.3. The van der Waals surface area contributed by atoms with Crippen molar-refractivity contribution in [3.05, 3.63) is 28.2 Å². The van der Waals surface area contributed by atoms with Gasteiger partial charge in [-0.25, -0.2) is 13.9 Å². The van der Waals surface area contributed by atoms with E-state index in [9.17, 15) is 13.4 Å². The molecule has 4 nitrogen and oxygen atoms in total. The molecule has 1 unspecified atom stereocenters. The van der Waals surface area contributed by atoms with Crippen LogP contribution in [0.15, 0.2) is 16.7 Å². The monoisotopic (exact) mass is 364 g/mol. The highest BCUT2D eigenvalue weighted by molar-refractivity contribution is 9.10. The molecule has 0 amide bonds. The number of nitrogens with zero attached hydrogens (tertiary/aromatic N) is 1. The maximum absolute atomic E-state index is 13.9. The molecule has 1 aromatic heterocycles. The van der Waals surface area contributed by atoms with Gasteiger partial charge in [0.1, 0.15) is 6.29 Å². The van der Waals surface area contributed by atoms with Gasteiger partial charge in [-0.1, -0.05) is 0 Å². The van der Waals surface area contributed by atoms with Gasteiger partial charge in [-0.2, -0.15) is 4.39 Å². The summed E-state index contributed by atoms with van der Waals surface area (Å²) in [7, 11) is -1.44. The number of hydrogen-bond acceptors (Lipinski definition) is 3. The van der Waals surface area contributed by atoms with Crippen LogP contribution >= 0.6 is 15.9 Å². The van der Waals surface area contributed by atoms with Gasteiger partial charge in [0.05, 0.1) is 21.3 Å². The van der Waals surface area contributed by atoms with Crippen molar-refractivity contribution in [2.75, 3.05) is 0 Å². The van der Waals surface area contributed by atoms with Crippen LogP contribution in [0.1, 0.15) is 39.7 Å². The Morgan fingerprint density at radius 2 is 2.05 bits per heavy atom. The van der Waals surface area contributed by atoms with Gasteiger partial charge in [0.2, 0.25) is 5.95 Å². The fourth-order valence-corrected chi connectivity index (χ4v) is 2.78.